The zero-order chi connectivity index (χ0) is 22.6. The number of nitrogens with zero attached hydrogens (tertiary/aromatic N) is 1. The van der Waals surface area contributed by atoms with Crippen LogP contribution in [0.2, 0.25) is 0 Å². The van der Waals surface area contributed by atoms with E-state index in [-0.39, 0.29) is 5.69 Å². The van der Waals surface area contributed by atoms with Crippen LogP contribution < -0.4 is 14.4 Å². The molecule has 0 heterocycles. The van der Waals surface area contributed by atoms with Crippen molar-refractivity contribution in [2.45, 2.75) is 13.0 Å². The van der Waals surface area contributed by atoms with Crippen LogP contribution in [0.4, 0.5) is 20.2 Å². The number of nitrogens with one attached hydrogen (secondary N) is 1. The average Bonchev–Trinajstić information content (AvgIpc) is 2.72. The molecule has 6 nitrogen and oxygen atoms in total. The van der Waals surface area contributed by atoms with Crippen LogP contribution in [-0.2, 0) is 14.8 Å². The van der Waals surface area contributed by atoms with E-state index in [2.05, 4.69) is 5.32 Å². The quantitative estimate of drug-likeness (QED) is 0.578. The molecule has 0 saturated carbocycles. The molecule has 1 N–H and O–H groups in total. The number of carbonyl (C=O) groups is 1. The number of amides is 1. The Morgan fingerprint density at radius 3 is 2.00 bits per heavy atom. The van der Waals surface area contributed by atoms with Crippen molar-refractivity contribution in [1.29, 1.82) is 0 Å². The molecule has 3 rings (SSSR count). The molecular weight excluding hydrogens is 426 g/mol. The summed E-state index contributed by atoms with van der Waals surface area (Å²) in [5.74, 6) is -1.74. The summed E-state index contributed by atoms with van der Waals surface area (Å²) in [6.45, 7) is 1.32. The third-order valence-electron chi connectivity index (χ3n) is 4.37. The molecule has 0 aliphatic heterocycles. The minimum absolute atomic E-state index is 0.194. The molecule has 0 aliphatic rings. The molecule has 1 amide bonds. The monoisotopic (exact) mass is 446 g/mol. The van der Waals surface area contributed by atoms with E-state index in [9.17, 15) is 22.0 Å². The number of halogens is 2. The van der Waals surface area contributed by atoms with E-state index in [1.165, 1.54) is 19.1 Å². The highest BCUT2D eigenvalue weighted by atomic mass is 32.2. The lowest BCUT2D eigenvalue weighted by Gasteiger charge is -2.28. The van der Waals surface area contributed by atoms with Crippen molar-refractivity contribution < 1.29 is 26.7 Å². The van der Waals surface area contributed by atoms with Crippen LogP contribution in [0.15, 0.2) is 72.8 Å². The molecule has 1 atom stereocenters. The summed E-state index contributed by atoms with van der Waals surface area (Å²) in [5, 5.41) is 2.12. The van der Waals surface area contributed by atoms with Gasteiger partial charge in [0.25, 0.3) is 0 Å². The van der Waals surface area contributed by atoms with E-state index in [1.54, 1.807) is 24.3 Å². The van der Waals surface area contributed by atoms with E-state index in [0.717, 1.165) is 28.8 Å². The van der Waals surface area contributed by atoms with Crippen molar-refractivity contribution in [2.24, 2.45) is 0 Å². The van der Waals surface area contributed by atoms with E-state index < -0.39 is 39.3 Å². The van der Waals surface area contributed by atoms with Crippen molar-refractivity contribution in [3.63, 3.8) is 0 Å². The molecule has 0 radical (unpaired) electrons. The van der Waals surface area contributed by atoms with Gasteiger partial charge in [-0.2, -0.15) is 0 Å². The van der Waals surface area contributed by atoms with Gasteiger partial charge >= 0.3 is 0 Å². The second kappa shape index (κ2) is 9.13. The maximum absolute atomic E-state index is 13.9. The maximum Gasteiger partial charge on any atom is 0.248 e. The Balaban J connectivity index is 1.84. The average molecular weight is 446 g/mol. The molecule has 0 aliphatic carbocycles. The summed E-state index contributed by atoms with van der Waals surface area (Å²) in [5.41, 5.74) is -0.445. The van der Waals surface area contributed by atoms with Gasteiger partial charge in [0.1, 0.15) is 34.9 Å². The second-order valence-electron chi connectivity index (χ2n) is 6.73. The predicted molar refractivity (Wildman–Crippen MR) is 115 cm³/mol. The first kappa shape index (κ1) is 22.2. The maximum atomic E-state index is 13.9. The Morgan fingerprint density at radius 1 is 0.903 bits per heavy atom. The highest BCUT2D eigenvalue weighted by molar-refractivity contribution is 7.92. The third-order valence-corrected chi connectivity index (χ3v) is 5.61. The first-order chi connectivity index (χ1) is 14.7. The lowest BCUT2D eigenvalue weighted by atomic mass is 10.2. The number of sulfonamides is 1. The fraction of sp³-hybridized carbons (Fsp3) is 0.136. The Kier molecular flexibility index (Phi) is 6.55. The Bertz CT molecular complexity index is 1150. The zero-order valence-electron chi connectivity index (χ0n) is 16.7. The molecular formula is C22H20F2N2O4S. The van der Waals surface area contributed by atoms with E-state index in [0.29, 0.717) is 11.5 Å². The van der Waals surface area contributed by atoms with Crippen molar-refractivity contribution in [2.75, 3.05) is 15.9 Å². The van der Waals surface area contributed by atoms with Crippen molar-refractivity contribution in [3.05, 3.63) is 84.4 Å². The van der Waals surface area contributed by atoms with E-state index in [1.807, 2.05) is 18.2 Å². The summed E-state index contributed by atoms with van der Waals surface area (Å²) >= 11 is 0. The number of hydrogen-bond donors (Lipinski definition) is 1. The number of anilines is 2. The van der Waals surface area contributed by atoms with Crippen molar-refractivity contribution >= 4 is 27.3 Å². The topological polar surface area (TPSA) is 75.7 Å². The molecule has 162 valence electrons. The van der Waals surface area contributed by atoms with Crippen LogP contribution in [0.5, 0.6) is 11.5 Å². The lowest BCUT2D eigenvalue weighted by molar-refractivity contribution is -0.116. The normalized spacial score (nSPS) is 12.1. The molecule has 0 unspecified atom stereocenters. The summed E-state index contributed by atoms with van der Waals surface area (Å²) in [7, 11) is -3.90. The number of ether oxygens (including phenoxy) is 1. The van der Waals surface area contributed by atoms with Crippen LogP contribution in [0.3, 0.4) is 0 Å². The van der Waals surface area contributed by atoms with Crippen LogP contribution in [0.25, 0.3) is 0 Å². The van der Waals surface area contributed by atoms with E-state index in [4.69, 9.17) is 4.74 Å². The number of benzene rings is 3. The molecule has 0 saturated heterocycles. The highest BCUT2D eigenvalue weighted by Gasteiger charge is 2.30. The van der Waals surface area contributed by atoms with E-state index >= 15 is 0 Å². The van der Waals surface area contributed by atoms with Gasteiger partial charge < -0.3 is 10.1 Å². The Morgan fingerprint density at radius 2 is 1.45 bits per heavy atom. The first-order valence-electron chi connectivity index (χ1n) is 9.24. The smallest absolute Gasteiger partial charge is 0.248 e. The lowest BCUT2D eigenvalue weighted by Crippen LogP contribution is -2.45. The largest absolute Gasteiger partial charge is 0.457 e. The van der Waals surface area contributed by atoms with Gasteiger partial charge in [0.15, 0.2) is 0 Å². The van der Waals surface area contributed by atoms with Crippen LogP contribution >= 0.6 is 0 Å². The summed E-state index contributed by atoms with van der Waals surface area (Å²) in [6, 6.07) is 16.9. The summed E-state index contributed by atoms with van der Waals surface area (Å²) in [6.07, 6.45) is 0.939. The summed E-state index contributed by atoms with van der Waals surface area (Å²) in [4.78, 5) is 12.6. The van der Waals surface area contributed by atoms with Gasteiger partial charge in [0.2, 0.25) is 15.9 Å². The molecule has 0 fully saturated rings. The van der Waals surface area contributed by atoms with Crippen LogP contribution in [0.1, 0.15) is 6.92 Å². The molecule has 31 heavy (non-hydrogen) atoms. The molecule has 0 bridgehead atoms. The van der Waals surface area contributed by atoms with Gasteiger partial charge in [0, 0.05) is 0 Å². The van der Waals surface area contributed by atoms with Gasteiger partial charge in [0.05, 0.1) is 11.9 Å². The predicted octanol–water partition coefficient (Wildman–Crippen LogP) is 4.55. The minimum atomic E-state index is -3.90. The highest BCUT2D eigenvalue weighted by Crippen LogP contribution is 2.27. The standard InChI is InChI=1S/C22H20F2N2O4S/c1-15(22(27)25-21-19(23)9-6-10-20(21)24)26(31(2,28)29)16-11-13-18(14-12-16)30-17-7-4-3-5-8-17/h3-15H,1-2H3,(H,25,27)/t15-/m1/s1. The van der Waals surface area contributed by atoms with Gasteiger partial charge in [-0.15, -0.1) is 0 Å². The van der Waals surface area contributed by atoms with Gasteiger partial charge in [-0.1, -0.05) is 24.3 Å². The zero-order valence-corrected chi connectivity index (χ0v) is 17.6. The Hall–Kier alpha value is -3.46. The number of carbonyl (C=O) groups excluding carboxylic acids is 1. The van der Waals surface area contributed by atoms with Crippen LogP contribution in [-0.4, -0.2) is 26.6 Å². The van der Waals surface area contributed by atoms with Crippen molar-refractivity contribution in [1.82, 2.24) is 0 Å². The molecule has 0 aromatic heterocycles. The van der Waals surface area contributed by atoms with Crippen LogP contribution in [0, 0.1) is 11.6 Å². The van der Waals surface area contributed by atoms with Gasteiger partial charge in [-0.05, 0) is 55.5 Å². The molecule has 3 aromatic rings. The number of rotatable bonds is 7. The fourth-order valence-electron chi connectivity index (χ4n) is 2.94. The third kappa shape index (κ3) is 5.37. The number of para-hydroxylation sites is 2. The molecule has 3 aromatic carbocycles. The number of hydrogen-bond acceptors (Lipinski definition) is 4. The second-order valence-corrected chi connectivity index (χ2v) is 8.59. The fourth-order valence-corrected chi connectivity index (χ4v) is 4.11. The molecule has 9 heteroatoms. The van der Waals surface area contributed by atoms with Gasteiger partial charge in [-0.3, -0.25) is 9.10 Å². The minimum Gasteiger partial charge on any atom is -0.457 e. The SMILES string of the molecule is C[C@H](C(=O)Nc1c(F)cccc1F)N(c1ccc(Oc2ccccc2)cc1)S(C)(=O)=O. The Labute approximate surface area is 179 Å². The van der Waals surface area contributed by atoms with Crippen molar-refractivity contribution in [3.8, 4) is 11.5 Å². The first-order valence-corrected chi connectivity index (χ1v) is 11.1. The van der Waals surface area contributed by atoms with Gasteiger partial charge in [-0.25, -0.2) is 17.2 Å². The summed E-state index contributed by atoms with van der Waals surface area (Å²) < 4.78 is 59.1. The molecule has 0 spiro atoms.